The molecule has 0 fully saturated rings. The molecule has 1 aliphatic heterocycles. The first kappa shape index (κ1) is 17.7. The van der Waals surface area contributed by atoms with Gasteiger partial charge in [0.2, 0.25) is 16.8 Å². The van der Waals surface area contributed by atoms with Gasteiger partial charge >= 0.3 is 0 Å². The summed E-state index contributed by atoms with van der Waals surface area (Å²) in [6, 6.07) is 10.4. The van der Waals surface area contributed by atoms with Crippen LogP contribution in [0.4, 0.5) is 0 Å². The topological polar surface area (TPSA) is 89.7 Å². The molecule has 0 spiro atoms. The van der Waals surface area contributed by atoms with Gasteiger partial charge in [0.25, 0.3) is 0 Å². The normalized spacial score (nSPS) is 13.3. The summed E-state index contributed by atoms with van der Waals surface area (Å²) in [6.45, 7) is 2.37. The predicted octanol–water partition coefficient (Wildman–Crippen LogP) is 2.73. The Morgan fingerprint density at radius 3 is 2.78 bits per heavy atom. The summed E-state index contributed by atoms with van der Waals surface area (Å²) in [4.78, 5) is 3.48. The molecule has 2 heterocycles. The molecule has 0 saturated heterocycles. The fourth-order valence-electron chi connectivity index (χ4n) is 3.25. The van der Waals surface area contributed by atoms with Crippen LogP contribution in [0.5, 0.6) is 17.2 Å². The molecule has 2 aromatic carbocycles. The van der Waals surface area contributed by atoms with Crippen molar-refractivity contribution in [2.24, 2.45) is 0 Å². The van der Waals surface area contributed by atoms with Crippen molar-refractivity contribution in [3.63, 3.8) is 0 Å². The molecule has 0 unspecified atom stereocenters. The molecule has 8 heteroatoms. The lowest BCUT2D eigenvalue weighted by Gasteiger charge is -2.08. The zero-order chi connectivity index (χ0) is 19.0. The largest absolute Gasteiger partial charge is 0.497 e. The van der Waals surface area contributed by atoms with Crippen molar-refractivity contribution < 1.29 is 22.6 Å². The molecule has 2 N–H and O–H groups in total. The van der Waals surface area contributed by atoms with E-state index in [-0.39, 0.29) is 18.2 Å². The van der Waals surface area contributed by atoms with Crippen LogP contribution in [-0.2, 0) is 16.4 Å². The van der Waals surface area contributed by atoms with E-state index in [1.807, 2.05) is 25.1 Å². The maximum Gasteiger partial charge on any atom is 0.240 e. The molecule has 0 bridgehead atoms. The lowest BCUT2D eigenvalue weighted by molar-refractivity contribution is 0.174. The van der Waals surface area contributed by atoms with Crippen molar-refractivity contribution in [3.05, 3.63) is 47.7 Å². The van der Waals surface area contributed by atoms with Crippen molar-refractivity contribution in [3.8, 4) is 17.2 Å². The van der Waals surface area contributed by atoms with Crippen LogP contribution in [0.25, 0.3) is 10.9 Å². The van der Waals surface area contributed by atoms with E-state index in [0.29, 0.717) is 17.9 Å². The fraction of sp³-hybridized carbons (Fsp3) is 0.263. The van der Waals surface area contributed by atoms with Gasteiger partial charge in [0.1, 0.15) is 5.75 Å². The van der Waals surface area contributed by atoms with Crippen LogP contribution in [0, 0.1) is 6.92 Å². The van der Waals surface area contributed by atoms with E-state index in [1.165, 1.54) is 12.1 Å². The lowest BCUT2D eigenvalue weighted by atomic mass is 10.1. The van der Waals surface area contributed by atoms with E-state index in [0.717, 1.165) is 27.9 Å². The molecular weight excluding hydrogens is 368 g/mol. The molecule has 7 nitrogen and oxygen atoms in total. The zero-order valence-electron chi connectivity index (χ0n) is 15.0. The quantitative estimate of drug-likeness (QED) is 0.678. The zero-order valence-corrected chi connectivity index (χ0v) is 15.9. The number of benzene rings is 2. The van der Waals surface area contributed by atoms with E-state index in [4.69, 9.17) is 14.2 Å². The number of hydrogen-bond acceptors (Lipinski definition) is 5. The van der Waals surface area contributed by atoms with Crippen LogP contribution < -0.4 is 18.9 Å². The van der Waals surface area contributed by atoms with Gasteiger partial charge in [-0.15, -0.1) is 0 Å². The van der Waals surface area contributed by atoms with Crippen molar-refractivity contribution in [2.45, 2.75) is 18.2 Å². The SMILES string of the molecule is COc1ccc2[nH]c(C)c(CCNS(=O)(=O)c3ccc4c(c3)OCO4)c2c1. The maximum absolute atomic E-state index is 12.6. The van der Waals surface area contributed by atoms with Gasteiger partial charge < -0.3 is 19.2 Å². The molecule has 0 aliphatic carbocycles. The van der Waals surface area contributed by atoms with Gasteiger partial charge in [-0.1, -0.05) is 0 Å². The number of aromatic amines is 1. The summed E-state index contributed by atoms with van der Waals surface area (Å²) in [7, 11) is -2.01. The summed E-state index contributed by atoms with van der Waals surface area (Å²) in [5.41, 5.74) is 3.08. The Bertz CT molecular complexity index is 1100. The minimum absolute atomic E-state index is 0.107. The molecule has 142 valence electrons. The molecule has 0 atom stereocenters. The first-order valence-corrected chi connectivity index (χ1v) is 10.0. The summed E-state index contributed by atoms with van der Waals surface area (Å²) < 4.78 is 43.6. The summed E-state index contributed by atoms with van der Waals surface area (Å²) in [5.74, 6) is 1.76. The molecule has 0 amide bonds. The van der Waals surface area contributed by atoms with Crippen LogP contribution in [0.1, 0.15) is 11.3 Å². The monoisotopic (exact) mass is 388 g/mol. The second-order valence-corrected chi connectivity index (χ2v) is 8.07. The second-order valence-electron chi connectivity index (χ2n) is 6.30. The summed E-state index contributed by atoms with van der Waals surface area (Å²) in [6.07, 6.45) is 0.558. The number of fused-ring (bicyclic) bond motifs is 2. The number of H-pyrrole nitrogens is 1. The average molecular weight is 388 g/mol. The smallest absolute Gasteiger partial charge is 0.240 e. The number of methoxy groups -OCH3 is 1. The average Bonchev–Trinajstić information content (AvgIpc) is 3.24. The number of sulfonamides is 1. The Morgan fingerprint density at radius 2 is 1.96 bits per heavy atom. The third-order valence-corrected chi connectivity index (χ3v) is 6.11. The molecular formula is C19H20N2O5S. The van der Waals surface area contributed by atoms with Crippen LogP contribution in [0.3, 0.4) is 0 Å². The van der Waals surface area contributed by atoms with Crippen molar-refractivity contribution in [1.29, 1.82) is 0 Å². The van der Waals surface area contributed by atoms with Gasteiger partial charge in [-0.05, 0) is 49.2 Å². The van der Waals surface area contributed by atoms with Crippen LogP contribution in [0.2, 0.25) is 0 Å². The van der Waals surface area contributed by atoms with Gasteiger partial charge in [0, 0.05) is 29.2 Å². The Labute approximate surface area is 157 Å². The van der Waals surface area contributed by atoms with E-state index in [2.05, 4.69) is 9.71 Å². The highest BCUT2D eigenvalue weighted by Gasteiger charge is 2.20. The van der Waals surface area contributed by atoms with Crippen LogP contribution in [0.15, 0.2) is 41.3 Å². The minimum atomic E-state index is -3.63. The Kier molecular flexibility index (Phi) is 4.45. The van der Waals surface area contributed by atoms with E-state index >= 15 is 0 Å². The highest BCUT2D eigenvalue weighted by atomic mass is 32.2. The van der Waals surface area contributed by atoms with Crippen LogP contribution >= 0.6 is 0 Å². The van der Waals surface area contributed by atoms with Gasteiger partial charge in [-0.25, -0.2) is 13.1 Å². The molecule has 0 radical (unpaired) electrons. The predicted molar refractivity (Wildman–Crippen MR) is 101 cm³/mol. The molecule has 1 aromatic heterocycles. The Balaban J connectivity index is 1.51. The lowest BCUT2D eigenvalue weighted by Crippen LogP contribution is -2.26. The molecule has 0 saturated carbocycles. The minimum Gasteiger partial charge on any atom is -0.497 e. The Hall–Kier alpha value is -2.71. The summed E-state index contributed by atoms with van der Waals surface area (Å²) in [5, 5.41) is 1.04. The third kappa shape index (κ3) is 3.33. The number of aryl methyl sites for hydroxylation is 1. The van der Waals surface area contributed by atoms with E-state index in [1.54, 1.807) is 13.2 Å². The fourth-order valence-corrected chi connectivity index (χ4v) is 4.30. The maximum atomic E-state index is 12.6. The van der Waals surface area contributed by atoms with E-state index in [9.17, 15) is 8.42 Å². The van der Waals surface area contributed by atoms with Crippen molar-refractivity contribution in [1.82, 2.24) is 9.71 Å². The number of aromatic nitrogens is 1. The van der Waals surface area contributed by atoms with Crippen molar-refractivity contribution in [2.75, 3.05) is 20.4 Å². The summed E-state index contributed by atoms with van der Waals surface area (Å²) >= 11 is 0. The van der Waals surface area contributed by atoms with Gasteiger partial charge in [0.05, 0.1) is 12.0 Å². The van der Waals surface area contributed by atoms with Gasteiger partial charge in [0.15, 0.2) is 11.5 Å². The molecule has 1 aliphatic rings. The molecule has 4 rings (SSSR count). The number of hydrogen-bond donors (Lipinski definition) is 2. The van der Waals surface area contributed by atoms with Gasteiger partial charge in [-0.3, -0.25) is 0 Å². The van der Waals surface area contributed by atoms with E-state index < -0.39 is 10.0 Å². The van der Waals surface area contributed by atoms with Crippen molar-refractivity contribution >= 4 is 20.9 Å². The van der Waals surface area contributed by atoms with Gasteiger partial charge in [-0.2, -0.15) is 0 Å². The Morgan fingerprint density at radius 1 is 1.15 bits per heavy atom. The number of rotatable bonds is 6. The first-order valence-electron chi connectivity index (χ1n) is 8.52. The third-order valence-electron chi connectivity index (χ3n) is 4.65. The highest BCUT2D eigenvalue weighted by molar-refractivity contribution is 7.89. The standard InChI is InChI=1S/C19H20N2O5S/c1-12-15(16-9-13(24-2)3-5-17(16)21-12)7-8-20-27(22,23)14-4-6-18-19(10-14)26-11-25-18/h3-6,9-10,20-21H,7-8,11H2,1-2H3. The number of nitrogens with one attached hydrogen (secondary N) is 2. The highest BCUT2D eigenvalue weighted by Crippen LogP contribution is 2.33. The molecule has 3 aromatic rings. The number of ether oxygens (including phenoxy) is 3. The van der Waals surface area contributed by atoms with Crippen LogP contribution in [-0.4, -0.2) is 33.8 Å². The second kappa shape index (κ2) is 6.79. The first-order chi connectivity index (χ1) is 13.0. The molecule has 27 heavy (non-hydrogen) atoms.